The molecule has 2 N–H and O–H groups in total. The first kappa shape index (κ1) is 19.1. The Balaban J connectivity index is 1.80. The minimum atomic E-state index is -0.957. The zero-order valence-corrected chi connectivity index (χ0v) is 15.9. The van der Waals surface area contributed by atoms with Crippen LogP contribution in [0.2, 0.25) is 0 Å². The summed E-state index contributed by atoms with van der Waals surface area (Å²) in [6, 6.07) is 6.42. The van der Waals surface area contributed by atoms with Gasteiger partial charge < -0.3 is 10.2 Å². The predicted octanol–water partition coefficient (Wildman–Crippen LogP) is 3.19. The average Bonchev–Trinajstić information content (AvgIpc) is 3.08. The maximum absolute atomic E-state index is 14.3. The SMILES string of the molecule is CC(=O)Nc1cn[nH]c1[C@H]1CCCN(C(=O)C(C)(C)c2ccccc2F)C1. The molecule has 1 aliphatic rings. The second-order valence-corrected chi connectivity index (χ2v) is 7.57. The van der Waals surface area contributed by atoms with E-state index in [2.05, 4.69) is 15.5 Å². The van der Waals surface area contributed by atoms with Gasteiger partial charge in [-0.15, -0.1) is 0 Å². The van der Waals surface area contributed by atoms with Gasteiger partial charge in [0.15, 0.2) is 0 Å². The first-order chi connectivity index (χ1) is 12.8. The van der Waals surface area contributed by atoms with Crippen molar-refractivity contribution >= 4 is 17.5 Å². The molecule has 2 amide bonds. The van der Waals surface area contributed by atoms with E-state index in [0.29, 0.717) is 24.3 Å². The molecule has 0 saturated carbocycles. The first-order valence-electron chi connectivity index (χ1n) is 9.16. The topological polar surface area (TPSA) is 78.1 Å². The smallest absolute Gasteiger partial charge is 0.232 e. The molecule has 1 fully saturated rings. The molecule has 0 spiro atoms. The Bertz CT molecular complexity index is 846. The molecule has 3 rings (SSSR count). The third kappa shape index (κ3) is 3.86. The number of aromatic nitrogens is 2. The van der Waals surface area contributed by atoms with Crippen molar-refractivity contribution in [3.05, 3.63) is 47.5 Å². The fourth-order valence-electron chi connectivity index (χ4n) is 3.77. The van der Waals surface area contributed by atoms with Gasteiger partial charge in [0.2, 0.25) is 11.8 Å². The summed E-state index contributed by atoms with van der Waals surface area (Å²) in [5.41, 5.74) is 0.918. The van der Waals surface area contributed by atoms with Crippen LogP contribution in [0.5, 0.6) is 0 Å². The molecule has 0 bridgehead atoms. The maximum Gasteiger partial charge on any atom is 0.232 e. The monoisotopic (exact) mass is 372 g/mol. The first-order valence-corrected chi connectivity index (χ1v) is 9.16. The number of hydrogen-bond donors (Lipinski definition) is 2. The summed E-state index contributed by atoms with van der Waals surface area (Å²) >= 11 is 0. The number of carbonyl (C=O) groups is 2. The van der Waals surface area contributed by atoms with E-state index < -0.39 is 5.41 Å². The Morgan fingerprint density at radius 1 is 1.33 bits per heavy atom. The van der Waals surface area contributed by atoms with E-state index in [-0.39, 0.29) is 23.5 Å². The zero-order valence-electron chi connectivity index (χ0n) is 15.9. The van der Waals surface area contributed by atoms with Crippen molar-refractivity contribution in [1.29, 1.82) is 0 Å². The number of anilines is 1. The lowest BCUT2D eigenvalue weighted by molar-refractivity contribution is -0.137. The van der Waals surface area contributed by atoms with Crippen molar-refractivity contribution in [3.63, 3.8) is 0 Å². The molecule has 7 heteroatoms. The van der Waals surface area contributed by atoms with Crippen molar-refractivity contribution in [3.8, 4) is 0 Å². The van der Waals surface area contributed by atoms with Crippen LogP contribution >= 0.6 is 0 Å². The highest BCUT2D eigenvalue weighted by molar-refractivity contribution is 5.89. The Morgan fingerprint density at radius 2 is 2.07 bits per heavy atom. The molecule has 1 aromatic carbocycles. The highest BCUT2D eigenvalue weighted by Crippen LogP contribution is 2.34. The molecule has 2 heterocycles. The fourth-order valence-corrected chi connectivity index (χ4v) is 3.77. The normalized spacial score (nSPS) is 17.6. The molecule has 1 aliphatic heterocycles. The van der Waals surface area contributed by atoms with Crippen LogP contribution in [-0.4, -0.2) is 40.0 Å². The summed E-state index contributed by atoms with van der Waals surface area (Å²) in [5, 5.41) is 9.77. The van der Waals surface area contributed by atoms with Crippen molar-refractivity contribution in [2.45, 2.75) is 44.9 Å². The number of benzene rings is 1. The van der Waals surface area contributed by atoms with Gasteiger partial charge in [0, 0.05) is 31.5 Å². The molecule has 1 atom stereocenters. The third-order valence-corrected chi connectivity index (χ3v) is 5.18. The molecular weight excluding hydrogens is 347 g/mol. The van der Waals surface area contributed by atoms with E-state index in [4.69, 9.17) is 0 Å². The summed E-state index contributed by atoms with van der Waals surface area (Å²) < 4.78 is 14.3. The minimum absolute atomic E-state index is 0.0449. The van der Waals surface area contributed by atoms with Gasteiger partial charge in [-0.2, -0.15) is 5.10 Å². The van der Waals surface area contributed by atoms with Crippen molar-refractivity contribution in [2.75, 3.05) is 18.4 Å². The van der Waals surface area contributed by atoms with Gasteiger partial charge in [0.1, 0.15) is 5.82 Å². The van der Waals surface area contributed by atoms with Crippen LogP contribution in [0.3, 0.4) is 0 Å². The number of rotatable bonds is 4. The number of hydrogen-bond acceptors (Lipinski definition) is 3. The lowest BCUT2D eigenvalue weighted by Gasteiger charge is -2.38. The highest BCUT2D eigenvalue weighted by Gasteiger charge is 2.38. The molecule has 1 saturated heterocycles. The number of nitrogens with zero attached hydrogens (tertiary/aromatic N) is 2. The Labute approximate surface area is 158 Å². The van der Waals surface area contributed by atoms with E-state index in [0.717, 1.165) is 18.5 Å². The lowest BCUT2D eigenvalue weighted by atomic mass is 9.81. The third-order valence-electron chi connectivity index (χ3n) is 5.18. The van der Waals surface area contributed by atoms with Crippen LogP contribution in [0, 0.1) is 5.82 Å². The standard InChI is InChI=1S/C20H25FN4O2/c1-13(26)23-17-11-22-24-18(17)14-7-6-10-25(12-14)19(27)20(2,3)15-8-4-5-9-16(15)21/h4-5,8-9,11,14H,6-7,10,12H2,1-3H3,(H,22,24)(H,23,26)/t14-/m0/s1. The lowest BCUT2D eigenvalue weighted by Crippen LogP contribution is -2.47. The van der Waals surface area contributed by atoms with E-state index in [1.54, 1.807) is 43.1 Å². The van der Waals surface area contributed by atoms with E-state index in [1.807, 2.05) is 0 Å². The summed E-state index contributed by atoms with van der Waals surface area (Å²) in [4.78, 5) is 26.4. The number of carbonyl (C=O) groups excluding carboxylic acids is 2. The molecule has 0 unspecified atom stereocenters. The number of aromatic amines is 1. The van der Waals surface area contributed by atoms with E-state index in [1.165, 1.54) is 13.0 Å². The number of piperidine rings is 1. The number of amides is 2. The molecule has 0 radical (unpaired) electrons. The number of likely N-dealkylation sites (tertiary alicyclic amines) is 1. The summed E-state index contributed by atoms with van der Waals surface area (Å²) in [7, 11) is 0. The molecule has 2 aromatic rings. The van der Waals surface area contributed by atoms with Crippen molar-refractivity contribution < 1.29 is 14.0 Å². The van der Waals surface area contributed by atoms with Gasteiger partial charge in [-0.3, -0.25) is 14.7 Å². The van der Waals surface area contributed by atoms with Gasteiger partial charge >= 0.3 is 0 Å². The summed E-state index contributed by atoms with van der Waals surface area (Å²) in [5.74, 6) is -0.589. The van der Waals surface area contributed by atoms with Gasteiger partial charge in [0.25, 0.3) is 0 Å². The number of halogens is 1. The Morgan fingerprint density at radius 3 is 2.78 bits per heavy atom. The quantitative estimate of drug-likeness (QED) is 0.865. The van der Waals surface area contributed by atoms with Crippen molar-refractivity contribution in [2.24, 2.45) is 0 Å². The fraction of sp³-hybridized carbons (Fsp3) is 0.450. The highest BCUT2D eigenvalue weighted by atomic mass is 19.1. The maximum atomic E-state index is 14.3. The zero-order chi connectivity index (χ0) is 19.6. The Kier molecular flexibility index (Phi) is 5.30. The van der Waals surface area contributed by atoms with E-state index >= 15 is 0 Å². The summed E-state index contributed by atoms with van der Waals surface area (Å²) in [6.07, 6.45) is 3.31. The Hall–Kier alpha value is -2.70. The molecule has 6 nitrogen and oxygen atoms in total. The molecule has 27 heavy (non-hydrogen) atoms. The largest absolute Gasteiger partial charge is 0.341 e. The van der Waals surface area contributed by atoms with Crippen LogP contribution in [0.4, 0.5) is 10.1 Å². The van der Waals surface area contributed by atoms with Crippen LogP contribution in [-0.2, 0) is 15.0 Å². The number of H-pyrrole nitrogens is 1. The second kappa shape index (κ2) is 7.50. The molecular formula is C20H25FN4O2. The van der Waals surface area contributed by atoms with Gasteiger partial charge in [-0.05, 0) is 32.8 Å². The number of nitrogens with one attached hydrogen (secondary N) is 2. The predicted molar refractivity (Wildman–Crippen MR) is 101 cm³/mol. The van der Waals surface area contributed by atoms with Gasteiger partial charge in [-0.1, -0.05) is 18.2 Å². The van der Waals surface area contributed by atoms with E-state index in [9.17, 15) is 14.0 Å². The van der Waals surface area contributed by atoms with Crippen LogP contribution in [0.1, 0.15) is 50.8 Å². The van der Waals surface area contributed by atoms with Crippen LogP contribution in [0.15, 0.2) is 30.5 Å². The second-order valence-electron chi connectivity index (χ2n) is 7.57. The van der Waals surface area contributed by atoms with Crippen molar-refractivity contribution in [1.82, 2.24) is 15.1 Å². The van der Waals surface area contributed by atoms with Gasteiger partial charge in [-0.25, -0.2) is 4.39 Å². The van der Waals surface area contributed by atoms with Crippen LogP contribution < -0.4 is 5.32 Å². The minimum Gasteiger partial charge on any atom is -0.341 e. The molecule has 1 aromatic heterocycles. The molecule has 0 aliphatic carbocycles. The average molecular weight is 372 g/mol. The molecule has 144 valence electrons. The van der Waals surface area contributed by atoms with Crippen LogP contribution in [0.25, 0.3) is 0 Å². The summed E-state index contributed by atoms with van der Waals surface area (Å²) in [6.45, 7) is 6.11. The van der Waals surface area contributed by atoms with Gasteiger partial charge in [0.05, 0.1) is 23.0 Å².